The molecule has 0 aliphatic rings. The third-order valence-corrected chi connectivity index (χ3v) is 4.00. The SMILES string of the molecule is CC[C@H](C(=O)NC)N(Cc1ccccc1)C(=O)COc1ccc(F)cc1. The third-order valence-electron chi connectivity index (χ3n) is 4.00. The Balaban J connectivity index is 2.13. The highest BCUT2D eigenvalue weighted by molar-refractivity contribution is 5.88. The van der Waals surface area contributed by atoms with Gasteiger partial charge in [-0.1, -0.05) is 37.3 Å². The molecule has 6 heteroatoms. The first-order valence-electron chi connectivity index (χ1n) is 8.48. The summed E-state index contributed by atoms with van der Waals surface area (Å²) in [5.74, 6) is -0.514. The second kappa shape index (κ2) is 9.56. The van der Waals surface area contributed by atoms with Crippen LogP contribution in [0.15, 0.2) is 54.6 Å². The molecule has 5 nitrogen and oxygen atoms in total. The number of ether oxygens (including phenoxy) is 1. The molecule has 0 unspecified atom stereocenters. The lowest BCUT2D eigenvalue weighted by Gasteiger charge is -2.30. The summed E-state index contributed by atoms with van der Waals surface area (Å²) in [5, 5.41) is 2.60. The molecule has 0 radical (unpaired) electrons. The molecule has 0 fully saturated rings. The molecule has 0 aliphatic carbocycles. The number of halogens is 1. The lowest BCUT2D eigenvalue weighted by Crippen LogP contribution is -2.49. The van der Waals surface area contributed by atoms with E-state index in [1.165, 1.54) is 29.2 Å². The number of carbonyl (C=O) groups is 2. The quantitative estimate of drug-likeness (QED) is 0.789. The molecular weight excluding hydrogens is 335 g/mol. The van der Waals surface area contributed by atoms with Crippen LogP contribution < -0.4 is 10.1 Å². The molecule has 0 heterocycles. The fourth-order valence-electron chi connectivity index (χ4n) is 2.63. The average molecular weight is 358 g/mol. The van der Waals surface area contributed by atoms with E-state index >= 15 is 0 Å². The van der Waals surface area contributed by atoms with Crippen molar-refractivity contribution in [3.05, 3.63) is 66.0 Å². The summed E-state index contributed by atoms with van der Waals surface area (Å²) in [5.41, 5.74) is 0.921. The first-order chi connectivity index (χ1) is 12.5. The van der Waals surface area contributed by atoms with Crippen molar-refractivity contribution in [3.63, 3.8) is 0 Å². The number of hydrogen-bond acceptors (Lipinski definition) is 3. The maximum atomic E-state index is 13.0. The number of amides is 2. The first kappa shape index (κ1) is 19.4. The van der Waals surface area contributed by atoms with Crippen molar-refractivity contribution in [2.24, 2.45) is 0 Å². The summed E-state index contributed by atoms with van der Waals surface area (Å²) in [4.78, 5) is 26.5. The van der Waals surface area contributed by atoms with Crippen LogP contribution in [0.2, 0.25) is 0 Å². The Hall–Kier alpha value is -2.89. The highest BCUT2D eigenvalue weighted by Gasteiger charge is 2.28. The zero-order chi connectivity index (χ0) is 18.9. The molecule has 1 N–H and O–H groups in total. The van der Waals surface area contributed by atoms with Gasteiger partial charge in [-0.15, -0.1) is 0 Å². The van der Waals surface area contributed by atoms with Crippen molar-refractivity contribution in [2.45, 2.75) is 25.9 Å². The van der Waals surface area contributed by atoms with Crippen LogP contribution in [-0.4, -0.2) is 36.4 Å². The maximum absolute atomic E-state index is 13.0. The number of benzene rings is 2. The molecule has 0 aromatic heterocycles. The van der Waals surface area contributed by atoms with E-state index in [9.17, 15) is 14.0 Å². The van der Waals surface area contributed by atoms with Gasteiger partial charge in [0.25, 0.3) is 5.91 Å². The normalized spacial score (nSPS) is 11.5. The Kier molecular flexibility index (Phi) is 7.14. The van der Waals surface area contributed by atoms with E-state index in [0.29, 0.717) is 18.7 Å². The minimum Gasteiger partial charge on any atom is -0.484 e. The Morgan fingerprint density at radius 1 is 1.12 bits per heavy atom. The summed E-state index contributed by atoms with van der Waals surface area (Å²) >= 11 is 0. The Bertz CT molecular complexity index is 720. The van der Waals surface area contributed by atoms with Crippen LogP contribution in [0.4, 0.5) is 4.39 Å². The molecule has 0 bridgehead atoms. The molecule has 0 saturated carbocycles. The van der Waals surface area contributed by atoms with Crippen LogP contribution in [0.5, 0.6) is 5.75 Å². The molecule has 0 saturated heterocycles. The lowest BCUT2D eigenvalue weighted by atomic mass is 10.1. The molecule has 1 atom stereocenters. The highest BCUT2D eigenvalue weighted by atomic mass is 19.1. The van der Waals surface area contributed by atoms with Crippen LogP contribution in [0.3, 0.4) is 0 Å². The Morgan fingerprint density at radius 2 is 1.77 bits per heavy atom. The van der Waals surface area contributed by atoms with Crippen molar-refractivity contribution in [1.82, 2.24) is 10.2 Å². The van der Waals surface area contributed by atoms with Gasteiger partial charge in [0.1, 0.15) is 17.6 Å². The third kappa shape index (κ3) is 5.31. The topological polar surface area (TPSA) is 58.6 Å². The van der Waals surface area contributed by atoms with E-state index < -0.39 is 6.04 Å². The molecule has 2 amide bonds. The molecule has 0 aliphatic heterocycles. The average Bonchev–Trinajstić information content (AvgIpc) is 2.67. The van der Waals surface area contributed by atoms with E-state index in [4.69, 9.17) is 4.74 Å². The summed E-state index contributed by atoms with van der Waals surface area (Å²) in [7, 11) is 1.55. The van der Waals surface area contributed by atoms with Gasteiger partial charge < -0.3 is 15.0 Å². The van der Waals surface area contributed by atoms with Gasteiger partial charge in [0, 0.05) is 13.6 Å². The molecule has 2 rings (SSSR count). The predicted molar refractivity (Wildman–Crippen MR) is 97.0 cm³/mol. The smallest absolute Gasteiger partial charge is 0.261 e. The van der Waals surface area contributed by atoms with E-state index in [1.54, 1.807) is 7.05 Å². The van der Waals surface area contributed by atoms with Gasteiger partial charge in [0.05, 0.1) is 0 Å². The van der Waals surface area contributed by atoms with Crippen LogP contribution in [-0.2, 0) is 16.1 Å². The second-order valence-electron chi connectivity index (χ2n) is 5.79. The zero-order valence-electron chi connectivity index (χ0n) is 14.9. The van der Waals surface area contributed by atoms with E-state index in [2.05, 4.69) is 5.32 Å². The number of hydrogen-bond donors (Lipinski definition) is 1. The molecule has 0 spiro atoms. The summed E-state index contributed by atoms with van der Waals surface area (Å²) in [6.07, 6.45) is 0.481. The largest absolute Gasteiger partial charge is 0.484 e. The van der Waals surface area contributed by atoms with E-state index in [1.807, 2.05) is 37.3 Å². The number of nitrogens with zero attached hydrogens (tertiary/aromatic N) is 1. The number of likely N-dealkylation sites (N-methyl/N-ethyl adjacent to an activating group) is 1. The van der Waals surface area contributed by atoms with Crippen LogP contribution in [0, 0.1) is 5.82 Å². The minimum atomic E-state index is -0.593. The summed E-state index contributed by atoms with van der Waals surface area (Å²) in [6.45, 7) is 1.93. The van der Waals surface area contributed by atoms with Crippen molar-refractivity contribution in [2.75, 3.05) is 13.7 Å². The standard InChI is InChI=1S/C20H23FN2O3/c1-3-18(20(25)22-2)23(13-15-7-5-4-6-8-15)19(24)14-26-17-11-9-16(21)10-12-17/h4-12,18H,3,13-14H2,1-2H3,(H,22,25)/t18-/m1/s1. The predicted octanol–water partition coefficient (Wildman–Crippen LogP) is 2.76. The zero-order valence-corrected chi connectivity index (χ0v) is 14.9. The van der Waals surface area contributed by atoms with Crippen molar-refractivity contribution >= 4 is 11.8 Å². The molecular formula is C20H23FN2O3. The molecule has 2 aromatic rings. The second-order valence-corrected chi connectivity index (χ2v) is 5.79. The molecule has 2 aromatic carbocycles. The van der Waals surface area contributed by atoms with Gasteiger partial charge in [0.15, 0.2) is 6.61 Å². The Labute approximate surface area is 152 Å². The van der Waals surface area contributed by atoms with Crippen molar-refractivity contribution < 1.29 is 18.7 Å². The Morgan fingerprint density at radius 3 is 2.35 bits per heavy atom. The van der Waals surface area contributed by atoms with Crippen LogP contribution >= 0.6 is 0 Å². The first-order valence-corrected chi connectivity index (χ1v) is 8.48. The maximum Gasteiger partial charge on any atom is 0.261 e. The van der Waals surface area contributed by atoms with Crippen molar-refractivity contribution in [3.8, 4) is 5.75 Å². The highest BCUT2D eigenvalue weighted by Crippen LogP contribution is 2.15. The molecule has 26 heavy (non-hydrogen) atoms. The van der Waals surface area contributed by atoms with Gasteiger partial charge in [-0.3, -0.25) is 9.59 Å². The van der Waals surface area contributed by atoms with E-state index in [0.717, 1.165) is 5.56 Å². The van der Waals surface area contributed by atoms with Gasteiger partial charge in [-0.05, 0) is 36.2 Å². The van der Waals surface area contributed by atoms with Crippen molar-refractivity contribution in [1.29, 1.82) is 0 Å². The summed E-state index contributed by atoms with van der Waals surface area (Å²) < 4.78 is 18.4. The minimum absolute atomic E-state index is 0.224. The van der Waals surface area contributed by atoms with Gasteiger partial charge in [0.2, 0.25) is 5.91 Å². The van der Waals surface area contributed by atoms with Gasteiger partial charge in [-0.25, -0.2) is 4.39 Å². The summed E-state index contributed by atoms with van der Waals surface area (Å²) in [6, 6.07) is 14.3. The fourth-order valence-corrected chi connectivity index (χ4v) is 2.63. The lowest BCUT2D eigenvalue weighted by molar-refractivity contribution is -0.142. The number of carbonyl (C=O) groups excluding carboxylic acids is 2. The fraction of sp³-hybridized carbons (Fsp3) is 0.300. The van der Waals surface area contributed by atoms with Gasteiger partial charge >= 0.3 is 0 Å². The van der Waals surface area contributed by atoms with E-state index in [-0.39, 0.29) is 24.2 Å². The molecule has 138 valence electrons. The number of rotatable bonds is 8. The monoisotopic (exact) mass is 358 g/mol. The van der Waals surface area contributed by atoms with Gasteiger partial charge in [-0.2, -0.15) is 0 Å². The van der Waals surface area contributed by atoms with Crippen LogP contribution in [0.25, 0.3) is 0 Å². The van der Waals surface area contributed by atoms with Crippen LogP contribution in [0.1, 0.15) is 18.9 Å². The number of nitrogens with one attached hydrogen (secondary N) is 1.